The van der Waals surface area contributed by atoms with Crippen molar-refractivity contribution in [2.45, 2.75) is 6.67 Å². The topological polar surface area (TPSA) is 108 Å². The number of carboxylic acids is 1. The van der Waals surface area contributed by atoms with Crippen molar-refractivity contribution < 1.29 is 37.3 Å². The van der Waals surface area contributed by atoms with Gasteiger partial charge in [-0.25, -0.2) is 13.6 Å². The van der Waals surface area contributed by atoms with Crippen molar-refractivity contribution in [1.29, 1.82) is 0 Å². The lowest BCUT2D eigenvalue weighted by atomic mass is 9.89. The first-order valence-corrected chi connectivity index (χ1v) is 12.1. The van der Waals surface area contributed by atoms with Crippen LogP contribution in [0.1, 0.15) is 10.4 Å². The van der Waals surface area contributed by atoms with E-state index < -0.39 is 28.8 Å². The van der Waals surface area contributed by atoms with Crippen LogP contribution in [0.2, 0.25) is 0 Å². The van der Waals surface area contributed by atoms with Gasteiger partial charge in [0.2, 0.25) is 5.43 Å². The van der Waals surface area contributed by atoms with E-state index in [1.807, 2.05) is 33.7 Å². The van der Waals surface area contributed by atoms with Gasteiger partial charge in [-0.1, -0.05) is 12.1 Å². The summed E-state index contributed by atoms with van der Waals surface area (Å²) in [7, 11) is 0. The summed E-state index contributed by atoms with van der Waals surface area (Å²) in [6.45, 7) is 0.625. The molecule has 0 fully saturated rings. The SMILES string of the molecule is O=C(O)c1cc(-c2cc[n+]3c(c2)-c2cncc[n+]2C3)ccc1-c1c2cc(F)c(=O)cc-2oc2cc(O)c(F)cc12. The summed E-state index contributed by atoms with van der Waals surface area (Å²) in [4.78, 5) is 28.8. The van der Waals surface area contributed by atoms with Crippen LogP contribution in [0.5, 0.6) is 5.75 Å². The number of carboxylic acid groups (broad SMARTS) is 1. The van der Waals surface area contributed by atoms with Crippen molar-refractivity contribution in [2.75, 3.05) is 0 Å². The molecule has 0 amide bonds. The van der Waals surface area contributed by atoms with Crippen LogP contribution in [0.4, 0.5) is 8.78 Å². The fourth-order valence-corrected chi connectivity index (χ4v) is 5.25. The number of pyridine rings is 1. The van der Waals surface area contributed by atoms with Crippen LogP contribution < -0.4 is 14.6 Å². The Bertz CT molecular complexity index is 2090. The van der Waals surface area contributed by atoms with E-state index in [9.17, 15) is 28.6 Å². The Kier molecular flexibility index (Phi) is 5.01. The molecule has 2 N–H and O–H groups in total. The average Bonchev–Trinajstić information content (AvgIpc) is 3.31. The van der Waals surface area contributed by atoms with E-state index in [0.29, 0.717) is 12.2 Å². The maximum absolute atomic E-state index is 14.5. The van der Waals surface area contributed by atoms with Gasteiger partial charge in [-0.05, 0) is 34.9 Å². The van der Waals surface area contributed by atoms with Gasteiger partial charge in [-0.3, -0.25) is 9.78 Å². The molecule has 7 rings (SSSR count). The van der Waals surface area contributed by atoms with Crippen LogP contribution in [-0.2, 0) is 6.67 Å². The number of hydrogen-bond acceptors (Lipinski definition) is 5. The van der Waals surface area contributed by atoms with Gasteiger partial charge in [0.05, 0.1) is 11.8 Å². The van der Waals surface area contributed by atoms with Gasteiger partial charge in [0.25, 0.3) is 5.69 Å². The number of rotatable bonds is 3. The second-order valence-electron chi connectivity index (χ2n) is 9.46. The second-order valence-corrected chi connectivity index (χ2v) is 9.46. The molecule has 3 aliphatic rings. The first-order valence-electron chi connectivity index (χ1n) is 12.1. The van der Waals surface area contributed by atoms with Crippen LogP contribution in [-0.4, -0.2) is 21.2 Å². The molecule has 4 heterocycles. The van der Waals surface area contributed by atoms with Crippen LogP contribution in [0.3, 0.4) is 0 Å². The summed E-state index contributed by atoms with van der Waals surface area (Å²) in [5.41, 5.74) is 2.52. The highest BCUT2D eigenvalue weighted by Gasteiger charge is 2.33. The lowest BCUT2D eigenvalue weighted by Gasteiger charge is -2.17. The Morgan fingerprint density at radius 1 is 0.900 bits per heavy atom. The molecule has 2 aliphatic heterocycles. The number of phenolic OH excluding ortho intramolecular Hbond substituents is 1. The van der Waals surface area contributed by atoms with Crippen molar-refractivity contribution >= 4 is 16.9 Å². The van der Waals surface area contributed by atoms with Gasteiger partial charge >= 0.3 is 18.3 Å². The summed E-state index contributed by atoms with van der Waals surface area (Å²) < 4.78 is 38.7. The average molecular weight is 537 g/mol. The first-order chi connectivity index (χ1) is 19.3. The molecule has 0 unspecified atom stereocenters. The van der Waals surface area contributed by atoms with Crippen molar-refractivity contribution in [3.63, 3.8) is 0 Å². The smallest absolute Gasteiger partial charge is 0.345 e. The summed E-state index contributed by atoms with van der Waals surface area (Å²) in [6.07, 6.45) is 7.25. The largest absolute Gasteiger partial charge is 0.505 e. The molecule has 194 valence electrons. The molecule has 0 bridgehead atoms. The standard InChI is InChI=1S/C30H15F2N3O5/c31-21-9-19-27(11-25(21)36)40-28-12-26(37)22(32)10-20(28)29(19)17-2-1-15(7-18(17)30(38)39)16-3-5-34-14-35-6-4-33-13-24(35)23(34)8-16/h1-13H,14H2/p+2. The van der Waals surface area contributed by atoms with Gasteiger partial charge < -0.3 is 14.6 Å². The molecule has 10 heteroatoms. The monoisotopic (exact) mass is 537 g/mol. The second kappa shape index (κ2) is 8.50. The van der Waals surface area contributed by atoms with Crippen molar-refractivity contribution in [2.24, 2.45) is 0 Å². The van der Waals surface area contributed by atoms with E-state index in [0.717, 1.165) is 41.2 Å². The number of halogens is 2. The molecule has 2 aromatic heterocycles. The van der Waals surface area contributed by atoms with Crippen molar-refractivity contribution in [3.8, 4) is 50.7 Å². The molecular formula is C30H17F2N3O5+2. The maximum atomic E-state index is 14.5. The summed E-state index contributed by atoms with van der Waals surface area (Å²) in [5.74, 6) is -4.04. The Morgan fingerprint density at radius 3 is 2.52 bits per heavy atom. The van der Waals surface area contributed by atoms with E-state index in [1.165, 1.54) is 6.07 Å². The third kappa shape index (κ3) is 3.53. The van der Waals surface area contributed by atoms with E-state index >= 15 is 0 Å². The van der Waals surface area contributed by atoms with E-state index in [4.69, 9.17) is 4.42 Å². The van der Waals surface area contributed by atoms with Gasteiger partial charge in [-0.2, -0.15) is 0 Å². The van der Waals surface area contributed by atoms with Gasteiger partial charge in [0, 0.05) is 40.8 Å². The number of carbonyl (C=O) groups is 1. The lowest BCUT2D eigenvalue weighted by Crippen LogP contribution is -2.44. The van der Waals surface area contributed by atoms with Crippen LogP contribution in [0.15, 0.2) is 88.6 Å². The molecule has 1 aliphatic carbocycles. The molecule has 0 spiro atoms. The van der Waals surface area contributed by atoms with Crippen LogP contribution >= 0.6 is 0 Å². The van der Waals surface area contributed by atoms with E-state index in [2.05, 4.69) is 4.98 Å². The van der Waals surface area contributed by atoms with Gasteiger partial charge in [0.1, 0.15) is 17.5 Å². The minimum Gasteiger partial charge on any atom is -0.505 e. The molecule has 8 nitrogen and oxygen atoms in total. The molecule has 0 saturated carbocycles. The number of benzene rings is 3. The first kappa shape index (κ1) is 23.6. The predicted molar refractivity (Wildman–Crippen MR) is 138 cm³/mol. The molecule has 40 heavy (non-hydrogen) atoms. The summed E-state index contributed by atoms with van der Waals surface area (Å²) >= 11 is 0. The molecule has 0 atom stereocenters. The number of nitrogens with zero attached hydrogens (tertiary/aromatic N) is 3. The number of aromatic carboxylic acids is 1. The number of hydrogen-bond donors (Lipinski definition) is 2. The van der Waals surface area contributed by atoms with Crippen molar-refractivity contribution in [1.82, 2.24) is 4.98 Å². The molecule has 2 aromatic carbocycles. The normalized spacial score (nSPS) is 12.1. The predicted octanol–water partition coefficient (Wildman–Crippen LogP) is 4.37. The minimum absolute atomic E-state index is 0.00625. The van der Waals surface area contributed by atoms with Gasteiger partial charge in [0.15, 0.2) is 29.8 Å². The third-order valence-electron chi connectivity index (χ3n) is 7.14. The number of aromatic hydroxyl groups is 1. The minimum atomic E-state index is -1.26. The molecular weight excluding hydrogens is 520 g/mol. The quantitative estimate of drug-likeness (QED) is 0.256. The lowest BCUT2D eigenvalue weighted by molar-refractivity contribution is -0.877. The molecule has 4 aromatic rings. The van der Waals surface area contributed by atoms with E-state index in [-0.39, 0.29) is 39.0 Å². The Morgan fingerprint density at radius 2 is 1.70 bits per heavy atom. The number of fused-ring (bicyclic) bond motifs is 5. The van der Waals surface area contributed by atoms with Gasteiger partial charge in [-0.15, -0.1) is 9.13 Å². The van der Waals surface area contributed by atoms with Crippen LogP contribution in [0, 0.1) is 11.6 Å². The highest BCUT2D eigenvalue weighted by molar-refractivity contribution is 6.08. The summed E-state index contributed by atoms with van der Waals surface area (Å²) in [6, 6.07) is 12.5. The number of phenols is 1. The maximum Gasteiger partial charge on any atom is 0.345 e. The Labute approximate surface area is 223 Å². The zero-order chi connectivity index (χ0) is 27.7. The Hall–Kier alpha value is -5.51. The van der Waals surface area contributed by atoms with Crippen molar-refractivity contribution in [3.05, 3.63) is 107 Å². The summed E-state index contributed by atoms with van der Waals surface area (Å²) in [5, 5.41) is 20.3. The third-order valence-corrected chi connectivity index (χ3v) is 7.14. The highest BCUT2D eigenvalue weighted by Crippen LogP contribution is 2.43. The van der Waals surface area contributed by atoms with E-state index in [1.54, 1.807) is 24.5 Å². The molecule has 0 radical (unpaired) electrons. The number of aromatic nitrogens is 3. The molecule has 0 saturated heterocycles. The zero-order valence-corrected chi connectivity index (χ0v) is 20.4. The van der Waals surface area contributed by atoms with Crippen LogP contribution in [0.25, 0.3) is 55.9 Å². The zero-order valence-electron chi connectivity index (χ0n) is 20.4. The fourth-order valence-electron chi connectivity index (χ4n) is 5.25. The highest BCUT2D eigenvalue weighted by atomic mass is 19.1. The fraction of sp³-hybridized carbons (Fsp3) is 0.0333. The Balaban J connectivity index is 1.47.